The molecule has 28 heavy (non-hydrogen) atoms. The molecule has 0 aliphatic carbocycles. The van der Waals surface area contributed by atoms with Crippen molar-refractivity contribution in [1.29, 1.82) is 0 Å². The normalized spacial score (nSPS) is 10.6. The Morgan fingerprint density at radius 1 is 1.11 bits per heavy atom. The summed E-state index contributed by atoms with van der Waals surface area (Å²) in [5, 5.41) is 9.28. The number of hydrogen-bond donors (Lipinski definition) is 3. The lowest BCUT2D eigenvalue weighted by molar-refractivity contribution is 0.0954. The number of carbonyl (C=O) groups is 1. The first kappa shape index (κ1) is 23.7. The zero-order valence-corrected chi connectivity index (χ0v) is 18.6. The van der Waals surface area contributed by atoms with E-state index < -0.39 is 0 Å². The number of halogens is 1. The number of guanidine groups is 1. The predicted octanol–water partition coefficient (Wildman–Crippen LogP) is 2.24. The molecule has 0 bridgehead atoms. The maximum absolute atomic E-state index is 12.0. The Bertz CT molecular complexity index is 723. The summed E-state index contributed by atoms with van der Waals surface area (Å²) < 4.78 is 5.16. The molecule has 152 valence electrons. The molecule has 3 N–H and O–H groups in total. The van der Waals surface area contributed by atoms with Gasteiger partial charge in [0.25, 0.3) is 5.91 Å². The summed E-state index contributed by atoms with van der Waals surface area (Å²) in [6, 6.07) is 11.5. The van der Waals surface area contributed by atoms with Gasteiger partial charge in [-0.15, -0.1) is 24.0 Å². The average molecular weight is 497 g/mol. The van der Waals surface area contributed by atoms with E-state index in [0.717, 1.165) is 24.7 Å². The lowest BCUT2D eigenvalue weighted by atomic mass is 10.1. The molecule has 0 fully saturated rings. The third-order valence-corrected chi connectivity index (χ3v) is 3.80. The fraction of sp³-hybridized carbons (Fsp3) is 0.350. The second-order valence-corrected chi connectivity index (χ2v) is 5.78. The van der Waals surface area contributed by atoms with Gasteiger partial charge in [-0.2, -0.15) is 0 Å². The third-order valence-electron chi connectivity index (χ3n) is 3.80. The molecule has 1 aromatic carbocycles. The molecular weight excluding hydrogens is 469 g/mol. The van der Waals surface area contributed by atoms with E-state index in [0.29, 0.717) is 25.2 Å². The molecule has 2 rings (SSSR count). The summed E-state index contributed by atoms with van der Waals surface area (Å²) >= 11 is 0. The molecule has 0 spiro atoms. The number of ether oxygens (including phenoxy) is 1. The monoisotopic (exact) mass is 497 g/mol. The maximum atomic E-state index is 12.0. The lowest BCUT2D eigenvalue weighted by Gasteiger charge is -2.12. The number of carbonyl (C=O) groups excluding carboxylic acids is 1. The third kappa shape index (κ3) is 8.55. The Morgan fingerprint density at radius 3 is 2.50 bits per heavy atom. The van der Waals surface area contributed by atoms with Crippen LogP contribution in [0.15, 0.2) is 53.8 Å². The Kier molecular flexibility index (Phi) is 11.6. The molecular formula is C20H28IN5O2. The first-order valence-corrected chi connectivity index (χ1v) is 9.06. The lowest BCUT2D eigenvalue weighted by Crippen LogP contribution is -2.41. The molecule has 1 aromatic heterocycles. The van der Waals surface area contributed by atoms with Gasteiger partial charge < -0.3 is 20.7 Å². The maximum Gasteiger partial charge on any atom is 0.252 e. The van der Waals surface area contributed by atoms with Crippen LogP contribution in [0.25, 0.3) is 0 Å². The molecule has 1 heterocycles. The molecule has 2 aromatic rings. The van der Waals surface area contributed by atoms with Crippen LogP contribution < -0.4 is 20.7 Å². The summed E-state index contributed by atoms with van der Waals surface area (Å²) in [7, 11) is 1.66. The second kappa shape index (κ2) is 13.8. The highest BCUT2D eigenvalue weighted by Crippen LogP contribution is 2.11. The largest absolute Gasteiger partial charge is 0.497 e. The molecule has 1 amide bonds. The summed E-state index contributed by atoms with van der Waals surface area (Å²) in [4.78, 5) is 20.5. The minimum Gasteiger partial charge on any atom is -0.497 e. The van der Waals surface area contributed by atoms with Gasteiger partial charge in [0, 0.05) is 38.6 Å². The number of pyridine rings is 1. The fourth-order valence-electron chi connectivity index (χ4n) is 2.39. The van der Waals surface area contributed by atoms with Crippen LogP contribution in [-0.2, 0) is 6.42 Å². The molecule has 0 saturated heterocycles. The van der Waals surface area contributed by atoms with Gasteiger partial charge in [-0.1, -0.05) is 12.1 Å². The van der Waals surface area contributed by atoms with Crippen molar-refractivity contribution in [3.63, 3.8) is 0 Å². The van der Waals surface area contributed by atoms with E-state index in [4.69, 9.17) is 4.74 Å². The number of nitrogens with zero attached hydrogens (tertiary/aromatic N) is 2. The molecule has 7 nitrogen and oxygen atoms in total. The smallest absolute Gasteiger partial charge is 0.252 e. The summed E-state index contributed by atoms with van der Waals surface area (Å²) in [6.45, 7) is 4.54. The van der Waals surface area contributed by atoms with Crippen LogP contribution in [-0.4, -0.2) is 50.1 Å². The first-order chi connectivity index (χ1) is 13.2. The van der Waals surface area contributed by atoms with Gasteiger partial charge in [0.2, 0.25) is 0 Å². The van der Waals surface area contributed by atoms with Gasteiger partial charge in [-0.3, -0.25) is 14.8 Å². The Labute approximate surface area is 183 Å². The van der Waals surface area contributed by atoms with E-state index in [1.165, 1.54) is 5.56 Å². The first-order valence-electron chi connectivity index (χ1n) is 9.06. The molecule has 0 aliphatic heterocycles. The van der Waals surface area contributed by atoms with Gasteiger partial charge in [0.1, 0.15) is 5.75 Å². The Morgan fingerprint density at radius 2 is 1.86 bits per heavy atom. The second-order valence-electron chi connectivity index (χ2n) is 5.78. The van der Waals surface area contributed by atoms with Gasteiger partial charge in [0.15, 0.2) is 5.96 Å². The minimum absolute atomic E-state index is 0. The molecule has 0 atom stereocenters. The molecule has 0 unspecified atom stereocenters. The van der Waals surface area contributed by atoms with Crippen LogP contribution in [0.5, 0.6) is 5.75 Å². The number of aliphatic imine (C=N–C) groups is 1. The number of methoxy groups -OCH3 is 1. The van der Waals surface area contributed by atoms with Crippen LogP contribution in [0.4, 0.5) is 0 Å². The number of hydrogen-bond acceptors (Lipinski definition) is 4. The van der Waals surface area contributed by atoms with Crippen LogP contribution in [0.3, 0.4) is 0 Å². The summed E-state index contributed by atoms with van der Waals surface area (Å²) in [5.74, 6) is 1.46. The highest BCUT2D eigenvalue weighted by Gasteiger charge is 2.04. The number of rotatable bonds is 9. The van der Waals surface area contributed by atoms with Gasteiger partial charge in [-0.05, 0) is 43.2 Å². The zero-order valence-electron chi connectivity index (χ0n) is 16.3. The van der Waals surface area contributed by atoms with E-state index in [1.807, 2.05) is 31.2 Å². The molecule has 8 heteroatoms. The van der Waals surface area contributed by atoms with E-state index in [1.54, 1.807) is 31.6 Å². The van der Waals surface area contributed by atoms with Crippen molar-refractivity contribution < 1.29 is 9.53 Å². The van der Waals surface area contributed by atoms with Gasteiger partial charge in [-0.25, -0.2) is 0 Å². The van der Waals surface area contributed by atoms with Crippen molar-refractivity contribution in [1.82, 2.24) is 20.9 Å². The summed E-state index contributed by atoms with van der Waals surface area (Å²) in [6.07, 6.45) is 4.04. The zero-order chi connectivity index (χ0) is 19.3. The van der Waals surface area contributed by atoms with Crippen LogP contribution in [0.2, 0.25) is 0 Å². The minimum atomic E-state index is -0.133. The van der Waals surface area contributed by atoms with Crippen LogP contribution >= 0.6 is 24.0 Å². The van der Waals surface area contributed by atoms with E-state index in [2.05, 4.69) is 25.9 Å². The van der Waals surface area contributed by atoms with E-state index in [-0.39, 0.29) is 29.9 Å². The van der Waals surface area contributed by atoms with Crippen LogP contribution in [0.1, 0.15) is 22.8 Å². The SMILES string of the molecule is CCNC(=NCCc1ccc(OC)cc1)NCCNC(=O)c1cccnc1.I. The Hall–Kier alpha value is -2.36. The highest BCUT2D eigenvalue weighted by molar-refractivity contribution is 14.0. The predicted molar refractivity (Wildman–Crippen MR) is 123 cm³/mol. The fourth-order valence-corrected chi connectivity index (χ4v) is 2.39. The van der Waals surface area contributed by atoms with Crippen molar-refractivity contribution in [2.24, 2.45) is 4.99 Å². The van der Waals surface area contributed by atoms with Crippen molar-refractivity contribution in [2.75, 3.05) is 33.3 Å². The molecule has 0 aliphatic rings. The standard InChI is InChI=1S/C20H27N5O2.HI/c1-3-22-20(24-12-10-16-6-8-18(27-2)9-7-16)25-14-13-23-19(26)17-5-4-11-21-15-17;/h4-9,11,15H,3,10,12-14H2,1-2H3,(H,23,26)(H2,22,24,25);1H. The quantitative estimate of drug-likeness (QED) is 0.214. The topological polar surface area (TPSA) is 87.6 Å². The van der Waals surface area contributed by atoms with Crippen molar-refractivity contribution in [3.05, 3.63) is 59.9 Å². The summed E-state index contributed by atoms with van der Waals surface area (Å²) in [5.41, 5.74) is 1.76. The van der Waals surface area contributed by atoms with Crippen molar-refractivity contribution >= 4 is 35.8 Å². The number of amides is 1. The van der Waals surface area contributed by atoms with Crippen LogP contribution in [0, 0.1) is 0 Å². The molecule has 0 radical (unpaired) electrons. The van der Waals surface area contributed by atoms with Crippen molar-refractivity contribution in [3.8, 4) is 5.75 Å². The highest BCUT2D eigenvalue weighted by atomic mass is 127. The Balaban J connectivity index is 0.00000392. The van der Waals surface area contributed by atoms with E-state index in [9.17, 15) is 4.79 Å². The average Bonchev–Trinajstić information content (AvgIpc) is 2.72. The van der Waals surface area contributed by atoms with E-state index >= 15 is 0 Å². The number of nitrogens with one attached hydrogen (secondary N) is 3. The molecule has 0 saturated carbocycles. The van der Waals surface area contributed by atoms with Gasteiger partial charge >= 0.3 is 0 Å². The number of aromatic nitrogens is 1. The number of benzene rings is 1. The van der Waals surface area contributed by atoms with Gasteiger partial charge in [0.05, 0.1) is 12.7 Å². The van der Waals surface area contributed by atoms with Crippen molar-refractivity contribution in [2.45, 2.75) is 13.3 Å².